The van der Waals surface area contributed by atoms with Crippen LogP contribution in [0.4, 0.5) is 0 Å². The summed E-state index contributed by atoms with van der Waals surface area (Å²) in [6.07, 6.45) is 1.26. The highest BCUT2D eigenvalue weighted by atomic mass is 15.2. The molecule has 3 heteroatoms. The number of rotatable bonds is 4. The van der Waals surface area contributed by atoms with E-state index in [1.165, 1.54) is 12.0 Å². The normalized spacial score (nSPS) is 24.5. The lowest BCUT2D eigenvalue weighted by Crippen LogP contribution is -2.40. The van der Waals surface area contributed by atoms with Crippen molar-refractivity contribution in [1.82, 2.24) is 10.6 Å². The average molecular weight is 245 g/mol. The van der Waals surface area contributed by atoms with Crippen molar-refractivity contribution in [2.75, 3.05) is 13.6 Å². The van der Waals surface area contributed by atoms with Gasteiger partial charge in [0.25, 0.3) is 0 Å². The topological polar surface area (TPSA) is 36.4 Å². The van der Waals surface area contributed by atoms with Crippen LogP contribution in [0.3, 0.4) is 0 Å². The lowest BCUT2D eigenvalue weighted by molar-refractivity contribution is 0.691. The van der Waals surface area contributed by atoms with Gasteiger partial charge in [-0.05, 0) is 23.8 Å². The van der Waals surface area contributed by atoms with Crippen LogP contribution in [-0.4, -0.2) is 25.6 Å². The molecule has 0 aromatic heterocycles. The van der Waals surface area contributed by atoms with Crippen LogP contribution in [0.5, 0.6) is 0 Å². The summed E-state index contributed by atoms with van der Waals surface area (Å²) in [5.41, 5.74) is 1.36. The molecule has 0 aliphatic heterocycles. The van der Waals surface area contributed by atoms with Crippen LogP contribution < -0.4 is 10.6 Å². The number of nitrogens with one attached hydrogen (secondary N) is 2. The molecule has 3 atom stereocenters. The summed E-state index contributed by atoms with van der Waals surface area (Å²) in [6.45, 7) is 5.40. The molecule has 1 saturated carbocycles. The first kappa shape index (κ1) is 12.9. The van der Waals surface area contributed by atoms with Gasteiger partial charge in [0.05, 0.1) is 0 Å². The fourth-order valence-electron chi connectivity index (χ4n) is 2.04. The van der Waals surface area contributed by atoms with E-state index in [1.807, 2.05) is 7.05 Å². The molecule has 0 heterocycles. The smallest absolute Gasteiger partial charge is 0.191 e. The largest absolute Gasteiger partial charge is 0.356 e. The minimum Gasteiger partial charge on any atom is -0.356 e. The highest BCUT2D eigenvalue weighted by Gasteiger charge is 2.33. The number of benzene rings is 1. The number of hydrogen-bond donors (Lipinski definition) is 2. The molecule has 0 bridgehead atoms. The van der Waals surface area contributed by atoms with Crippen LogP contribution in [0.1, 0.15) is 31.7 Å². The Morgan fingerprint density at radius 3 is 2.61 bits per heavy atom. The van der Waals surface area contributed by atoms with E-state index in [9.17, 15) is 0 Å². The maximum atomic E-state index is 4.26. The maximum Gasteiger partial charge on any atom is 0.191 e. The van der Waals surface area contributed by atoms with Crippen LogP contribution in [-0.2, 0) is 0 Å². The minimum absolute atomic E-state index is 0.487. The summed E-state index contributed by atoms with van der Waals surface area (Å²) in [7, 11) is 1.83. The lowest BCUT2D eigenvalue weighted by atomic mass is 10.0. The summed E-state index contributed by atoms with van der Waals surface area (Å²) >= 11 is 0. The van der Waals surface area contributed by atoms with E-state index in [4.69, 9.17) is 0 Å². The van der Waals surface area contributed by atoms with E-state index >= 15 is 0 Å². The molecule has 3 unspecified atom stereocenters. The fourth-order valence-corrected chi connectivity index (χ4v) is 2.04. The molecule has 1 aromatic rings. The third-order valence-electron chi connectivity index (χ3n) is 3.60. The average Bonchev–Trinajstić information content (AvgIpc) is 3.10. The van der Waals surface area contributed by atoms with Gasteiger partial charge in [-0.2, -0.15) is 0 Å². The van der Waals surface area contributed by atoms with E-state index in [0.29, 0.717) is 12.0 Å². The maximum absolute atomic E-state index is 4.26. The molecule has 1 fully saturated rings. The van der Waals surface area contributed by atoms with Crippen molar-refractivity contribution in [2.24, 2.45) is 10.9 Å². The van der Waals surface area contributed by atoms with E-state index in [2.05, 4.69) is 59.8 Å². The Bertz CT molecular complexity index is 399. The molecular weight excluding hydrogens is 222 g/mol. The number of guanidine groups is 1. The Morgan fingerprint density at radius 1 is 1.39 bits per heavy atom. The minimum atomic E-state index is 0.487. The summed E-state index contributed by atoms with van der Waals surface area (Å²) in [6, 6.07) is 11.2. The monoisotopic (exact) mass is 245 g/mol. The first-order valence-corrected chi connectivity index (χ1v) is 6.73. The van der Waals surface area contributed by atoms with Crippen molar-refractivity contribution < 1.29 is 0 Å². The molecule has 2 rings (SSSR count). The predicted octanol–water partition coefficient (Wildman–Crippen LogP) is 2.36. The second-order valence-corrected chi connectivity index (χ2v) is 5.23. The van der Waals surface area contributed by atoms with Gasteiger partial charge in [-0.25, -0.2) is 0 Å². The first-order valence-electron chi connectivity index (χ1n) is 6.73. The van der Waals surface area contributed by atoms with Crippen molar-refractivity contribution in [2.45, 2.75) is 32.2 Å². The molecule has 2 N–H and O–H groups in total. The van der Waals surface area contributed by atoms with Gasteiger partial charge in [0.1, 0.15) is 0 Å². The molecule has 1 aliphatic carbocycles. The van der Waals surface area contributed by atoms with E-state index in [-0.39, 0.29) is 0 Å². The Labute approximate surface area is 110 Å². The number of hydrogen-bond acceptors (Lipinski definition) is 1. The highest BCUT2D eigenvalue weighted by Crippen LogP contribution is 2.28. The van der Waals surface area contributed by atoms with Crippen LogP contribution in [0.25, 0.3) is 0 Å². The molecular formula is C15H23N3. The molecule has 0 saturated heterocycles. The molecule has 0 radical (unpaired) electrons. The zero-order chi connectivity index (χ0) is 13.0. The standard InChI is InChI=1S/C15H23N3/c1-11-9-14(11)18-15(16-3)17-10-12(2)13-7-5-4-6-8-13/h4-8,11-12,14H,9-10H2,1-3H3,(H2,16,17,18). The van der Waals surface area contributed by atoms with Crippen molar-refractivity contribution in [3.63, 3.8) is 0 Å². The zero-order valence-corrected chi connectivity index (χ0v) is 11.5. The fraction of sp³-hybridized carbons (Fsp3) is 0.533. The van der Waals surface area contributed by atoms with Crippen molar-refractivity contribution in [1.29, 1.82) is 0 Å². The zero-order valence-electron chi connectivity index (χ0n) is 11.5. The van der Waals surface area contributed by atoms with Crippen molar-refractivity contribution >= 4 is 5.96 Å². The van der Waals surface area contributed by atoms with Gasteiger partial charge in [-0.3, -0.25) is 4.99 Å². The molecule has 98 valence electrons. The second kappa shape index (κ2) is 5.89. The Hall–Kier alpha value is -1.51. The lowest BCUT2D eigenvalue weighted by Gasteiger charge is -2.16. The van der Waals surface area contributed by atoms with Crippen LogP contribution >= 0.6 is 0 Å². The molecule has 1 aliphatic rings. The van der Waals surface area contributed by atoms with Crippen LogP contribution in [0.2, 0.25) is 0 Å². The summed E-state index contributed by atoms with van der Waals surface area (Å²) in [5.74, 6) is 2.20. The van der Waals surface area contributed by atoms with Gasteiger partial charge in [-0.15, -0.1) is 0 Å². The quantitative estimate of drug-likeness (QED) is 0.631. The van der Waals surface area contributed by atoms with Gasteiger partial charge >= 0.3 is 0 Å². The molecule has 18 heavy (non-hydrogen) atoms. The summed E-state index contributed by atoms with van der Waals surface area (Å²) in [4.78, 5) is 4.26. The molecule has 0 spiro atoms. The Balaban J connectivity index is 1.79. The third kappa shape index (κ3) is 3.49. The van der Waals surface area contributed by atoms with Crippen molar-refractivity contribution in [3.8, 4) is 0 Å². The Kier molecular flexibility index (Phi) is 4.24. The first-order chi connectivity index (χ1) is 8.70. The summed E-state index contributed by atoms with van der Waals surface area (Å²) < 4.78 is 0. The Morgan fingerprint density at radius 2 is 2.06 bits per heavy atom. The van der Waals surface area contributed by atoms with Crippen LogP contribution in [0, 0.1) is 5.92 Å². The van der Waals surface area contributed by atoms with Crippen molar-refractivity contribution in [3.05, 3.63) is 35.9 Å². The van der Waals surface area contributed by atoms with Gasteiger partial charge in [0.15, 0.2) is 5.96 Å². The van der Waals surface area contributed by atoms with E-state index in [0.717, 1.165) is 18.4 Å². The van der Waals surface area contributed by atoms with Crippen LogP contribution in [0.15, 0.2) is 35.3 Å². The van der Waals surface area contributed by atoms with E-state index < -0.39 is 0 Å². The van der Waals surface area contributed by atoms with Gasteiger partial charge in [0, 0.05) is 19.6 Å². The third-order valence-corrected chi connectivity index (χ3v) is 3.60. The molecule has 3 nitrogen and oxygen atoms in total. The number of nitrogens with zero attached hydrogens (tertiary/aromatic N) is 1. The second-order valence-electron chi connectivity index (χ2n) is 5.23. The highest BCUT2D eigenvalue weighted by molar-refractivity contribution is 5.80. The molecule has 1 aromatic carbocycles. The summed E-state index contributed by atoms with van der Waals surface area (Å²) in [5, 5.41) is 6.83. The van der Waals surface area contributed by atoms with E-state index in [1.54, 1.807) is 0 Å². The van der Waals surface area contributed by atoms with Gasteiger partial charge in [0.2, 0.25) is 0 Å². The van der Waals surface area contributed by atoms with Gasteiger partial charge in [-0.1, -0.05) is 44.2 Å². The SMILES string of the molecule is CN=C(NCC(C)c1ccccc1)NC1CC1C. The predicted molar refractivity (Wildman–Crippen MR) is 76.9 cm³/mol. The molecule has 0 amide bonds. The number of aliphatic imine (C=N–C) groups is 1. The van der Waals surface area contributed by atoms with Gasteiger partial charge < -0.3 is 10.6 Å².